The van der Waals surface area contributed by atoms with E-state index >= 15 is 0 Å². The molecule has 19 heavy (non-hydrogen) atoms. The van der Waals surface area contributed by atoms with E-state index in [0.29, 0.717) is 22.7 Å². The van der Waals surface area contributed by atoms with Crippen LogP contribution in [-0.2, 0) is 0 Å². The Kier molecular flexibility index (Phi) is 5.04. The van der Waals surface area contributed by atoms with Crippen LogP contribution in [0.2, 0.25) is 0 Å². The Morgan fingerprint density at radius 2 is 2.21 bits per heavy atom. The number of nitrogens with two attached hydrogens (primary N) is 1. The van der Waals surface area contributed by atoms with E-state index in [9.17, 15) is 0 Å². The first-order valence-corrected chi connectivity index (χ1v) is 7.18. The summed E-state index contributed by atoms with van der Waals surface area (Å²) in [4.78, 5) is 11.3. The van der Waals surface area contributed by atoms with Gasteiger partial charge in [0.25, 0.3) is 0 Å². The number of hydrogen-bond donors (Lipinski definition) is 2. The van der Waals surface area contributed by atoms with Crippen LogP contribution in [0.15, 0.2) is 12.3 Å². The second-order valence-corrected chi connectivity index (χ2v) is 5.48. The number of piperidine rings is 1. The van der Waals surface area contributed by atoms with E-state index in [1.54, 1.807) is 12.3 Å². The molecule has 0 aromatic carbocycles. The standard InChI is InChI=1S/C13H21N5S/c1-10(9-18-7-3-2-4-8-18)16-13-15-6-5-11(17-13)12(14)19/h5-6,10H,2-4,7-9H2,1H3,(H2,14,19)(H,15,16,17). The highest BCUT2D eigenvalue weighted by molar-refractivity contribution is 7.80. The van der Waals surface area contributed by atoms with Crippen molar-refractivity contribution < 1.29 is 0 Å². The highest BCUT2D eigenvalue weighted by Gasteiger charge is 2.14. The van der Waals surface area contributed by atoms with Crippen LogP contribution in [0.4, 0.5) is 5.95 Å². The van der Waals surface area contributed by atoms with Crippen molar-refractivity contribution in [2.24, 2.45) is 5.73 Å². The van der Waals surface area contributed by atoms with Crippen molar-refractivity contribution in [1.29, 1.82) is 0 Å². The molecule has 0 amide bonds. The second-order valence-electron chi connectivity index (χ2n) is 5.04. The fourth-order valence-corrected chi connectivity index (χ4v) is 2.47. The van der Waals surface area contributed by atoms with Crippen molar-refractivity contribution in [2.45, 2.75) is 32.2 Å². The van der Waals surface area contributed by atoms with Crippen LogP contribution in [0.1, 0.15) is 31.9 Å². The Morgan fingerprint density at radius 1 is 1.47 bits per heavy atom. The number of hydrogen-bond acceptors (Lipinski definition) is 5. The van der Waals surface area contributed by atoms with Crippen LogP contribution in [-0.4, -0.2) is 45.5 Å². The minimum atomic E-state index is 0.300. The topological polar surface area (TPSA) is 67.1 Å². The van der Waals surface area contributed by atoms with Gasteiger partial charge in [-0.15, -0.1) is 0 Å². The molecule has 0 radical (unpaired) electrons. The number of aromatic nitrogens is 2. The van der Waals surface area contributed by atoms with Gasteiger partial charge >= 0.3 is 0 Å². The minimum absolute atomic E-state index is 0.300. The first-order chi connectivity index (χ1) is 9.15. The summed E-state index contributed by atoms with van der Waals surface area (Å²) in [5.41, 5.74) is 6.18. The van der Waals surface area contributed by atoms with Gasteiger partial charge in [-0.05, 0) is 38.9 Å². The van der Waals surface area contributed by atoms with E-state index in [1.807, 2.05) is 0 Å². The molecule has 1 fully saturated rings. The van der Waals surface area contributed by atoms with Crippen LogP contribution in [0, 0.1) is 0 Å². The fraction of sp³-hybridized carbons (Fsp3) is 0.615. The van der Waals surface area contributed by atoms with Gasteiger partial charge in [0.15, 0.2) is 0 Å². The Labute approximate surface area is 119 Å². The molecule has 6 heteroatoms. The van der Waals surface area contributed by atoms with Gasteiger partial charge in [0.05, 0.1) is 0 Å². The smallest absolute Gasteiger partial charge is 0.223 e. The predicted octanol–water partition coefficient (Wildman–Crippen LogP) is 1.40. The molecular weight excluding hydrogens is 258 g/mol. The van der Waals surface area contributed by atoms with E-state index in [1.165, 1.54) is 32.4 Å². The Bertz CT molecular complexity index is 431. The molecule has 3 N–H and O–H groups in total. The minimum Gasteiger partial charge on any atom is -0.388 e. The summed E-state index contributed by atoms with van der Waals surface area (Å²) in [6, 6.07) is 2.03. The second kappa shape index (κ2) is 6.77. The van der Waals surface area contributed by atoms with Crippen molar-refractivity contribution in [3.63, 3.8) is 0 Å². The first kappa shape index (κ1) is 14.1. The number of anilines is 1. The zero-order chi connectivity index (χ0) is 13.7. The van der Waals surface area contributed by atoms with Gasteiger partial charge < -0.3 is 16.0 Å². The number of thiocarbonyl (C=S) groups is 1. The maximum atomic E-state index is 5.57. The van der Waals surface area contributed by atoms with Crippen molar-refractivity contribution in [3.05, 3.63) is 18.0 Å². The molecule has 0 aliphatic carbocycles. The average Bonchev–Trinajstić information content (AvgIpc) is 2.40. The van der Waals surface area contributed by atoms with Crippen molar-refractivity contribution >= 4 is 23.2 Å². The molecule has 1 atom stereocenters. The molecule has 1 aromatic rings. The number of nitrogens with zero attached hydrogens (tertiary/aromatic N) is 3. The van der Waals surface area contributed by atoms with Gasteiger partial charge in [-0.3, -0.25) is 0 Å². The highest BCUT2D eigenvalue weighted by atomic mass is 32.1. The van der Waals surface area contributed by atoms with E-state index in [0.717, 1.165) is 6.54 Å². The Hall–Kier alpha value is -1.27. The van der Waals surface area contributed by atoms with Crippen molar-refractivity contribution in [3.8, 4) is 0 Å². The van der Waals surface area contributed by atoms with Gasteiger partial charge in [-0.1, -0.05) is 18.6 Å². The molecule has 2 heterocycles. The zero-order valence-corrected chi connectivity index (χ0v) is 12.1. The molecule has 1 saturated heterocycles. The predicted molar refractivity (Wildman–Crippen MR) is 81.3 cm³/mol. The van der Waals surface area contributed by atoms with E-state index in [-0.39, 0.29) is 0 Å². The number of nitrogens with one attached hydrogen (secondary N) is 1. The lowest BCUT2D eigenvalue weighted by Crippen LogP contribution is -2.38. The Morgan fingerprint density at radius 3 is 2.89 bits per heavy atom. The van der Waals surface area contributed by atoms with Crippen LogP contribution >= 0.6 is 12.2 Å². The monoisotopic (exact) mass is 279 g/mol. The largest absolute Gasteiger partial charge is 0.388 e. The third kappa shape index (κ3) is 4.40. The molecule has 0 spiro atoms. The lowest BCUT2D eigenvalue weighted by atomic mass is 10.1. The normalized spacial score (nSPS) is 17.9. The van der Waals surface area contributed by atoms with E-state index < -0.39 is 0 Å². The maximum Gasteiger partial charge on any atom is 0.223 e. The molecule has 1 aromatic heterocycles. The number of likely N-dealkylation sites (tertiary alicyclic amines) is 1. The van der Waals surface area contributed by atoms with Gasteiger partial charge in [0.2, 0.25) is 5.95 Å². The summed E-state index contributed by atoms with van der Waals surface area (Å²) >= 11 is 4.92. The van der Waals surface area contributed by atoms with E-state index in [2.05, 4.69) is 27.1 Å². The summed E-state index contributed by atoms with van der Waals surface area (Å²) < 4.78 is 0. The van der Waals surface area contributed by atoms with Gasteiger partial charge in [-0.25, -0.2) is 9.97 Å². The molecule has 1 aliphatic heterocycles. The quantitative estimate of drug-likeness (QED) is 0.794. The molecule has 104 valence electrons. The molecule has 2 rings (SSSR count). The summed E-state index contributed by atoms with van der Waals surface area (Å²) in [5.74, 6) is 0.592. The van der Waals surface area contributed by atoms with Crippen LogP contribution in [0.3, 0.4) is 0 Å². The summed E-state index contributed by atoms with van der Waals surface area (Å²) in [6.45, 7) is 5.55. The van der Waals surface area contributed by atoms with Crippen molar-refractivity contribution in [1.82, 2.24) is 14.9 Å². The molecule has 1 unspecified atom stereocenters. The fourth-order valence-electron chi connectivity index (χ4n) is 2.36. The van der Waals surface area contributed by atoms with Crippen LogP contribution in [0.25, 0.3) is 0 Å². The summed E-state index contributed by atoms with van der Waals surface area (Å²) in [6.07, 6.45) is 5.65. The molecular formula is C13H21N5S. The molecule has 0 saturated carbocycles. The Balaban J connectivity index is 1.88. The molecule has 1 aliphatic rings. The SMILES string of the molecule is CC(CN1CCCCC1)Nc1nccc(C(N)=S)n1. The maximum absolute atomic E-state index is 5.57. The third-order valence-corrected chi connectivity index (χ3v) is 3.47. The zero-order valence-electron chi connectivity index (χ0n) is 11.3. The lowest BCUT2D eigenvalue weighted by Gasteiger charge is -2.29. The van der Waals surface area contributed by atoms with E-state index in [4.69, 9.17) is 18.0 Å². The molecule has 0 bridgehead atoms. The lowest BCUT2D eigenvalue weighted by molar-refractivity contribution is 0.223. The number of rotatable bonds is 5. The first-order valence-electron chi connectivity index (χ1n) is 6.77. The summed E-state index contributed by atoms with van der Waals surface area (Å²) in [7, 11) is 0. The average molecular weight is 279 g/mol. The van der Waals surface area contributed by atoms with Gasteiger partial charge in [0.1, 0.15) is 10.7 Å². The van der Waals surface area contributed by atoms with Crippen LogP contribution < -0.4 is 11.1 Å². The van der Waals surface area contributed by atoms with Crippen LogP contribution in [0.5, 0.6) is 0 Å². The van der Waals surface area contributed by atoms with Gasteiger partial charge in [0, 0.05) is 18.8 Å². The van der Waals surface area contributed by atoms with Crippen molar-refractivity contribution in [2.75, 3.05) is 25.0 Å². The summed E-state index contributed by atoms with van der Waals surface area (Å²) in [5, 5.41) is 3.31. The highest BCUT2D eigenvalue weighted by Crippen LogP contribution is 2.10. The third-order valence-electron chi connectivity index (χ3n) is 3.26. The molecule has 5 nitrogen and oxygen atoms in total. The van der Waals surface area contributed by atoms with Gasteiger partial charge in [-0.2, -0.15) is 0 Å².